The molecule has 8 nitrogen and oxygen atoms in total. The SMILES string of the molecule is Cc1ccccc1-n1cnnc1SCC(=O)Nc1cc(Cl)ccc1-n1cncn1. The molecule has 29 heavy (non-hydrogen) atoms. The Balaban J connectivity index is 1.48. The molecule has 0 aliphatic carbocycles. The van der Waals surface area contributed by atoms with E-state index >= 15 is 0 Å². The number of hydrogen-bond donors (Lipinski definition) is 1. The van der Waals surface area contributed by atoms with Crippen molar-refractivity contribution < 1.29 is 4.79 Å². The number of carbonyl (C=O) groups excluding carboxylic acids is 1. The Hall–Kier alpha value is -3.17. The zero-order valence-electron chi connectivity index (χ0n) is 15.4. The first kappa shape index (κ1) is 19.2. The first-order valence-corrected chi connectivity index (χ1v) is 10.0. The molecular formula is C19H16ClN7OS. The molecule has 146 valence electrons. The van der Waals surface area contributed by atoms with Crippen LogP contribution in [0.2, 0.25) is 5.02 Å². The van der Waals surface area contributed by atoms with E-state index in [1.165, 1.54) is 18.1 Å². The second kappa shape index (κ2) is 8.46. The Morgan fingerprint density at radius 1 is 1.17 bits per heavy atom. The van der Waals surface area contributed by atoms with Crippen LogP contribution in [0.15, 0.2) is 66.6 Å². The lowest BCUT2D eigenvalue weighted by Gasteiger charge is -2.12. The molecule has 0 saturated carbocycles. The highest BCUT2D eigenvalue weighted by atomic mass is 35.5. The highest BCUT2D eigenvalue weighted by molar-refractivity contribution is 7.99. The number of aromatic nitrogens is 6. The van der Waals surface area contributed by atoms with Gasteiger partial charge in [-0.3, -0.25) is 9.36 Å². The molecule has 0 spiro atoms. The lowest BCUT2D eigenvalue weighted by atomic mass is 10.2. The van der Waals surface area contributed by atoms with E-state index < -0.39 is 0 Å². The number of benzene rings is 2. The summed E-state index contributed by atoms with van der Waals surface area (Å²) in [5.74, 6) is -0.0357. The highest BCUT2D eigenvalue weighted by Crippen LogP contribution is 2.25. The molecule has 0 aliphatic rings. The maximum absolute atomic E-state index is 12.6. The molecule has 4 aromatic rings. The van der Waals surface area contributed by atoms with Crippen LogP contribution in [0.1, 0.15) is 5.56 Å². The molecule has 1 amide bonds. The van der Waals surface area contributed by atoms with Crippen LogP contribution in [-0.4, -0.2) is 41.2 Å². The molecule has 2 heterocycles. The van der Waals surface area contributed by atoms with E-state index in [9.17, 15) is 4.79 Å². The molecule has 0 bridgehead atoms. The van der Waals surface area contributed by atoms with E-state index in [2.05, 4.69) is 25.6 Å². The van der Waals surface area contributed by atoms with Crippen LogP contribution in [0.4, 0.5) is 5.69 Å². The summed E-state index contributed by atoms with van der Waals surface area (Å²) in [5, 5.41) is 16.3. The predicted octanol–water partition coefficient (Wildman–Crippen LogP) is 3.54. The third-order valence-electron chi connectivity index (χ3n) is 4.12. The number of aryl methyl sites for hydroxylation is 1. The van der Waals surface area contributed by atoms with E-state index in [0.717, 1.165) is 11.3 Å². The van der Waals surface area contributed by atoms with Crippen molar-refractivity contribution >= 4 is 35.0 Å². The third kappa shape index (κ3) is 4.30. The smallest absolute Gasteiger partial charge is 0.234 e. The molecule has 4 rings (SSSR count). The lowest BCUT2D eigenvalue weighted by Crippen LogP contribution is -2.16. The topological polar surface area (TPSA) is 90.5 Å². The van der Waals surface area contributed by atoms with Crippen molar-refractivity contribution in [3.05, 3.63) is 72.0 Å². The molecule has 2 aromatic carbocycles. The summed E-state index contributed by atoms with van der Waals surface area (Å²) in [7, 11) is 0. The van der Waals surface area contributed by atoms with Crippen LogP contribution in [-0.2, 0) is 4.79 Å². The number of thioether (sulfide) groups is 1. The van der Waals surface area contributed by atoms with Gasteiger partial charge in [-0.05, 0) is 36.8 Å². The van der Waals surface area contributed by atoms with Gasteiger partial charge < -0.3 is 5.32 Å². The van der Waals surface area contributed by atoms with Gasteiger partial charge >= 0.3 is 0 Å². The standard InChI is InChI=1S/C19H16ClN7OS/c1-13-4-2-3-5-16(13)26-12-22-25-19(26)29-9-18(28)24-15-8-14(20)6-7-17(15)27-11-21-10-23-27/h2-8,10-12H,9H2,1H3,(H,24,28). The summed E-state index contributed by atoms with van der Waals surface area (Å²) >= 11 is 7.40. The fourth-order valence-corrected chi connectivity index (χ4v) is 3.67. The largest absolute Gasteiger partial charge is 0.323 e. The number of hydrogen-bond acceptors (Lipinski definition) is 6. The number of anilines is 1. The maximum atomic E-state index is 12.6. The van der Waals surface area contributed by atoms with Gasteiger partial charge in [0, 0.05) is 5.02 Å². The number of halogens is 1. The minimum absolute atomic E-state index is 0.161. The Bertz CT molecular complexity index is 1140. The average Bonchev–Trinajstić information content (AvgIpc) is 3.39. The van der Waals surface area contributed by atoms with Gasteiger partial charge in [0.15, 0.2) is 5.16 Å². The fraction of sp³-hybridized carbons (Fsp3) is 0.105. The third-order valence-corrected chi connectivity index (χ3v) is 5.30. The molecule has 10 heteroatoms. The summed E-state index contributed by atoms with van der Waals surface area (Å²) in [4.78, 5) is 16.5. The number of rotatable bonds is 6. The van der Waals surface area contributed by atoms with Crippen molar-refractivity contribution in [2.45, 2.75) is 12.1 Å². The van der Waals surface area contributed by atoms with Gasteiger partial charge in [-0.1, -0.05) is 41.6 Å². The van der Waals surface area contributed by atoms with Gasteiger partial charge in [0.2, 0.25) is 5.91 Å². The molecule has 0 aliphatic heterocycles. The van der Waals surface area contributed by atoms with Crippen molar-refractivity contribution in [3.8, 4) is 11.4 Å². The Morgan fingerprint density at radius 2 is 2.03 bits per heavy atom. The van der Waals surface area contributed by atoms with E-state index in [4.69, 9.17) is 11.6 Å². The van der Waals surface area contributed by atoms with Gasteiger partial charge in [0.05, 0.1) is 22.8 Å². The molecule has 1 N–H and O–H groups in total. The Labute approximate surface area is 175 Å². The summed E-state index contributed by atoms with van der Waals surface area (Å²) in [6.45, 7) is 2.02. The molecule has 2 aromatic heterocycles. The second-order valence-electron chi connectivity index (χ2n) is 6.11. The van der Waals surface area contributed by atoms with Crippen LogP contribution in [0.3, 0.4) is 0 Å². The zero-order valence-corrected chi connectivity index (χ0v) is 16.9. The number of carbonyl (C=O) groups is 1. The van der Waals surface area contributed by atoms with Gasteiger partial charge in [0.1, 0.15) is 19.0 Å². The minimum atomic E-state index is -0.196. The van der Waals surface area contributed by atoms with E-state index in [1.54, 1.807) is 35.5 Å². The summed E-state index contributed by atoms with van der Waals surface area (Å²) in [6.07, 6.45) is 4.62. The van der Waals surface area contributed by atoms with Crippen molar-refractivity contribution in [2.75, 3.05) is 11.1 Å². The second-order valence-corrected chi connectivity index (χ2v) is 7.49. The first-order valence-electron chi connectivity index (χ1n) is 8.65. The van der Waals surface area contributed by atoms with Crippen molar-refractivity contribution in [1.82, 2.24) is 29.5 Å². The summed E-state index contributed by atoms with van der Waals surface area (Å²) in [6, 6.07) is 13.1. The maximum Gasteiger partial charge on any atom is 0.234 e. The first-order chi connectivity index (χ1) is 14.1. The average molecular weight is 426 g/mol. The van der Waals surface area contributed by atoms with E-state index in [1.807, 2.05) is 35.8 Å². The fourth-order valence-electron chi connectivity index (χ4n) is 2.78. The van der Waals surface area contributed by atoms with Gasteiger partial charge in [-0.25, -0.2) is 9.67 Å². The normalized spacial score (nSPS) is 10.8. The minimum Gasteiger partial charge on any atom is -0.323 e. The number of nitrogens with zero attached hydrogens (tertiary/aromatic N) is 6. The van der Waals surface area contributed by atoms with Gasteiger partial charge in [0.25, 0.3) is 0 Å². The van der Waals surface area contributed by atoms with Crippen LogP contribution in [0.5, 0.6) is 0 Å². The zero-order chi connectivity index (χ0) is 20.2. The van der Waals surface area contributed by atoms with E-state index in [-0.39, 0.29) is 11.7 Å². The summed E-state index contributed by atoms with van der Waals surface area (Å²) in [5.41, 5.74) is 3.29. The van der Waals surface area contributed by atoms with Crippen molar-refractivity contribution in [1.29, 1.82) is 0 Å². The highest BCUT2D eigenvalue weighted by Gasteiger charge is 2.14. The predicted molar refractivity (Wildman–Crippen MR) is 112 cm³/mol. The number of nitrogens with one attached hydrogen (secondary N) is 1. The molecule has 0 atom stereocenters. The van der Waals surface area contributed by atoms with Crippen LogP contribution in [0, 0.1) is 6.92 Å². The Kier molecular flexibility index (Phi) is 5.59. The number of para-hydroxylation sites is 1. The molecule has 0 saturated heterocycles. The molecule has 0 fully saturated rings. The van der Waals surface area contributed by atoms with E-state index in [0.29, 0.717) is 21.6 Å². The Morgan fingerprint density at radius 3 is 2.83 bits per heavy atom. The van der Waals surface area contributed by atoms with Crippen LogP contribution < -0.4 is 5.32 Å². The lowest BCUT2D eigenvalue weighted by molar-refractivity contribution is -0.113. The van der Waals surface area contributed by atoms with Crippen LogP contribution >= 0.6 is 23.4 Å². The summed E-state index contributed by atoms with van der Waals surface area (Å²) < 4.78 is 3.43. The van der Waals surface area contributed by atoms with Crippen LogP contribution in [0.25, 0.3) is 11.4 Å². The number of amides is 1. The molecular weight excluding hydrogens is 410 g/mol. The monoisotopic (exact) mass is 425 g/mol. The van der Waals surface area contributed by atoms with Crippen molar-refractivity contribution in [2.24, 2.45) is 0 Å². The van der Waals surface area contributed by atoms with Gasteiger partial charge in [-0.2, -0.15) is 5.10 Å². The quantitative estimate of drug-likeness (QED) is 0.475. The van der Waals surface area contributed by atoms with Gasteiger partial charge in [-0.15, -0.1) is 10.2 Å². The molecule has 0 radical (unpaired) electrons. The molecule has 0 unspecified atom stereocenters. The van der Waals surface area contributed by atoms with Crippen molar-refractivity contribution in [3.63, 3.8) is 0 Å².